The largest absolute Gasteiger partial charge is 0.455 e. The highest BCUT2D eigenvalue weighted by Gasteiger charge is 2.12. The summed E-state index contributed by atoms with van der Waals surface area (Å²) in [6.07, 6.45) is 0. The maximum Gasteiger partial charge on any atom is 0.143 e. The zero-order valence-electron chi connectivity index (χ0n) is 18.0. The molecule has 0 amide bonds. The molecule has 0 spiro atoms. The van der Waals surface area contributed by atoms with E-state index in [0.29, 0.717) is 0 Å². The van der Waals surface area contributed by atoms with Crippen molar-refractivity contribution >= 4 is 43.5 Å². The van der Waals surface area contributed by atoms with Crippen LogP contribution in [0.25, 0.3) is 65.7 Å². The van der Waals surface area contributed by atoms with Gasteiger partial charge >= 0.3 is 0 Å². The van der Waals surface area contributed by atoms with Crippen LogP contribution in [0.4, 0.5) is 0 Å². The standard InChI is InChI=1S/C32H20O/c1-2-9-25-21(7-1)19-20-24-8-5-11-26(31(24)25)22-15-17-23(18-16-22)27-12-6-13-29-28-10-3-4-14-30(28)33-32(27)29/h1-20H. The zero-order valence-corrected chi connectivity index (χ0v) is 18.0. The summed E-state index contributed by atoms with van der Waals surface area (Å²) in [4.78, 5) is 0. The van der Waals surface area contributed by atoms with Gasteiger partial charge in [-0.25, -0.2) is 0 Å². The molecule has 7 aromatic rings. The van der Waals surface area contributed by atoms with Crippen molar-refractivity contribution in [3.8, 4) is 22.3 Å². The molecule has 1 heteroatoms. The van der Waals surface area contributed by atoms with E-state index in [1.807, 2.05) is 12.1 Å². The Labute approximate surface area is 191 Å². The van der Waals surface area contributed by atoms with E-state index < -0.39 is 0 Å². The lowest BCUT2D eigenvalue weighted by Gasteiger charge is -2.11. The molecule has 0 radical (unpaired) electrons. The van der Waals surface area contributed by atoms with Gasteiger partial charge in [0.15, 0.2) is 0 Å². The van der Waals surface area contributed by atoms with Gasteiger partial charge in [-0.3, -0.25) is 0 Å². The van der Waals surface area contributed by atoms with Crippen LogP contribution in [-0.4, -0.2) is 0 Å². The molecule has 0 unspecified atom stereocenters. The van der Waals surface area contributed by atoms with E-state index in [9.17, 15) is 0 Å². The first-order valence-corrected chi connectivity index (χ1v) is 11.3. The molecule has 0 atom stereocenters. The van der Waals surface area contributed by atoms with Crippen molar-refractivity contribution in [2.75, 3.05) is 0 Å². The molecule has 0 aliphatic carbocycles. The number of para-hydroxylation sites is 2. The second-order valence-corrected chi connectivity index (χ2v) is 8.55. The van der Waals surface area contributed by atoms with Gasteiger partial charge in [-0.05, 0) is 44.3 Å². The molecular weight excluding hydrogens is 400 g/mol. The highest BCUT2D eigenvalue weighted by molar-refractivity contribution is 6.14. The van der Waals surface area contributed by atoms with Crippen molar-refractivity contribution in [3.05, 3.63) is 121 Å². The number of hydrogen-bond donors (Lipinski definition) is 0. The number of hydrogen-bond acceptors (Lipinski definition) is 1. The number of furan rings is 1. The Morgan fingerprint density at radius 1 is 0.394 bits per heavy atom. The van der Waals surface area contributed by atoms with Gasteiger partial charge in [0.25, 0.3) is 0 Å². The summed E-state index contributed by atoms with van der Waals surface area (Å²) >= 11 is 0. The van der Waals surface area contributed by atoms with Gasteiger partial charge in [-0.15, -0.1) is 0 Å². The van der Waals surface area contributed by atoms with E-state index >= 15 is 0 Å². The minimum atomic E-state index is 0.930. The first-order chi connectivity index (χ1) is 16.4. The third kappa shape index (κ3) is 2.79. The highest BCUT2D eigenvalue weighted by Crippen LogP contribution is 2.38. The molecular formula is C32H20O. The molecule has 6 aromatic carbocycles. The molecule has 0 saturated carbocycles. The lowest BCUT2D eigenvalue weighted by molar-refractivity contribution is 0.670. The van der Waals surface area contributed by atoms with Gasteiger partial charge in [0, 0.05) is 16.3 Å². The summed E-state index contributed by atoms with van der Waals surface area (Å²) in [5, 5.41) is 7.46. The smallest absolute Gasteiger partial charge is 0.143 e. The molecule has 0 aliphatic heterocycles. The minimum absolute atomic E-state index is 0.930. The number of benzene rings is 6. The average molecular weight is 421 g/mol. The van der Waals surface area contributed by atoms with E-state index in [0.717, 1.165) is 33.1 Å². The zero-order chi connectivity index (χ0) is 21.8. The molecule has 33 heavy (non-hydrogen) atoms. The Hall–Kier alpha value is -4.36. The van der Waals surface area contributed by atoms with E-state index in [-0.39, 0.29) is 0 Å². The fourth-order valence-electron chi connectivity index (χ4n) is 5.10. The summed E-state index contributed by atoms with van der Waals surface area (Å²) in [5.41, 5.74) is 6.64. The summed E-state index contributed by atoms with van der Waals surface area (Å²) < 4.78 is 6.26. The third-order valence-corrected chi connectivity index (χ3v) is 6.68. The normalized spacial score (nSPS) is 11.6. The van der Waals surface area contributed by atoms with Crippen LogP contribution in [0.3, 0.4) is 0 Å². The Morgan fingerprint density at radius 2 is 1.00 bits per heavy atom. The predicted molar refractivity (Wildman–Crippen MR) is 140 cm³/mol. The van der Waals surface area contributed by atoms with Crippen molar-refractivity contribution < 1.29 is 4.42 Å². The maximum atomic E-state index is 6.26. The minimum Gasteiger partial charge on any atom is -0.455 e. The van der Waals surface area contributed by atoms with Crippen molar-refractivity contribution in [3.63, 3.8) is 0 Å². The fraction of sp³-hybridized carbons (Fsp3) is 0. The molecule has 1 heterocycles. The second kappa shape index (κ2) is 7.08. The molecule has 0 fully saturated rings. The molecule has 1 nitrogen and oxygen atoms in total. The highest BCUT2D eigenvalue weighted by atomic mass is 16.3. The van der Waals surface area contributed by atoms with Crippen LogP contribution in [0.15, 0.2) is 126 Å². The van der Waals surface area contributed by atoms with Gasteiger partial charge in [0.2, 0.25) is 0 Å². The van der Waals surface area contributed by atoms with E-state index in [1.54, 1.807) is 0 Å². The Bertz CT molecular complexity index is 1800. The second-order valence-electron chi connectivity index (χ2n) is 8.55. The lowest BCUT2D eigenvalue weighted by Crippen LogP contribution is -1.85. The van der Waals surface area contributed by atoms with E-state index in [2.05, 4.69) is 109 Å². The van der Waals surface area contributed by atoms with Crippen LogP contribution in [0.5, 0.6) is 0 Å². The van der Waals surface area contributed by atoms with Crippen LogP contribution in [0.2, 0.25) is 0 Å². The van der Waals surface area contributed by atoms with Crippen LogP contribution in [0, 0.1) is 0 Å². The van der Waals surface area contributed by atoms with Gasteiger partial charge in [-0.1, -0.05) is 115 Å². The average Bonchev–Trinajstić information content (AvgIpc) is 3.27. The summed E-state index contributed by atoms with van der Waals surface area (Å²) in [5.74, 6) is 0. The molecule has 154 valence electrons. The van der Waals surface area contributed by atoms with Gasteiger partial charge in [-0.2, -0.15) is 0 Å². The van der Waals surface area contributed by atoms with Crippen molar-refractivity contribution in [1.29, 1.82) is 0 Å². The third-order valence-electron chi connectivity index (χ3n) is 6.68. The predicted octanol–water partition coefficient (Wildman–Crippen LogP) is 9.23. The van der Waals surface area contributed by atoms with E-state index in [4.69, 9.17) is 4.42 Å². The fourth-order valence-corrected chi connectivity index (χ4v) is 5.10. The van der Waals surface area contributed by atoms with Crippen LogP contribution in [-0.2, 0) is 0 Å². The SMILES string of the molecule is c1ccc2c(c1)ccc1cccc(-c3ccc(-c4cccc5c4oc4ccccc45)cc3)c12. The van der Waals surface area contributed by atoms with Crippen LogP contribution < -0.4 is 0 Å². The first-order valence-electron chi connectivity index (χ1n) is 11.3. The molecule has 1 aromatic heterocycles. The monoisotopic (exact) mass is 420 g/mol. The quantitative estimate of drug-likeness (QED) is 0.254. The van der Waals surface area contributed by atoms with Crippen molar-refractivity contribution in [2.24, 2.45) is 0 Å². The topological polar surface area (TPSA) is 13.1 Å². The van der Waals surface area contributed by atoms with Crippen molar-refractivity contribution in [1.82, 2.24) is 0 Å². The van der Waals surface area contributed by atoms with Crippen LogP contribution >= 0.6 is 0 Å². The van der Waals surface area contributed by atoms with Gasteiger partial charge in [0.1, 0.15) is 11.2 Å². The molecule has 0 bridgehead atoms. The summed E-state index contributed by atoms with van der Waals surface area (Å²) in [7, 11) is 0. The molecule has 0 N–H and O–H groups in total. The first kappa shape index (κ1) is 18.2. The Kier molecular flexibility index (Phi) is 3.91. The van der Waals surface area contributed by atoms with Gasteiger partial charge < -0.3 is 4.42 Å². The Balaban J connectivity index is 1.40. The van der Waals surface area contributed by atoms with E-state index in [1.165, 1.54) is 32.7 Å². The van der Waals surface area contributed by atoms with Gasteiger partial charge in [0.05, 0.1) is 0 Å². The van der Waals surface area contributed by atoms with Crippen LogP contribution in [0.1, 0.15) is 0 Å². The van der Waals surface area contributed by atoms with Crippen molar-refractivity contribution in [2.45, 2.75) is 0 Å². The summed E-state index contributed by atoms with van der Waals surface area (Å²) in [6.45, 7) is 0. The number of fused-ring (bicyclic) bond motifs is 6. The maximum absolute atomic E-state index is 6.26. The molecule has 0 saturated heterocycles. The molecule has 7 rings (SSSR count). The summed E-state index contributed by atoms with van der Waals surface area (Å²) in [6, 6.07) is 43.1. The lowest BCUT2D eigenvalue weighted by atomic mass is 9.92. The molecule has 0 aliphatic rings. The number of rotatable bonds is 2. The Morgan fingerprint density at radius 3 is 1.88 bits per heavy atom.